The summed E-state index contributed by atoms with van der Waals surface area (Å²) < 4.78 is 21.2. The molecular formula is C33H56N6O6. The molecule has 0 unspecified atom stereocenters. The zero-order valence-electron chi connectivity index (χ0n) is 29.0. The summed E-state index contributed by atoms with van der Waals surface area (Å²) in [4.78, 5) is 25.0. The third kappa shape index (κ3) is 11.5. The Bertz CT molecular complexity index is 1230. The van der Waals surface area contributed by atoms with E-state index < -0.39 is 11.1 Å². The van der Waals surface area contributed by atoms with Crippen molar-refractivity contribution in [3.05, 3.63) is 23.6 Å². The SMILES string of the molecule is CC(C)(NC1CCOCC1)C(=O)Nc1cc(C(C)(C)C)no1.CC(C)(NCC1CCOCC1)C(=O)Nc1cc(C(C)(C)C)on1. The van der Waals surface area contributed by atoms with Gasteiger partial charge in [-0.1, -0.05) is 51.9 Å². The lowest BCUT2D eigenvalue weighted by Gasteiger charge is -2.32. The summed E-state index contributed by atoms with van der Waals surface area (Å²) in [5.41, 5.74) is -0.775. The summed E-state index contributed by atoms with van der Waals surface area (Å²) >= 11 is 0. The van der Waals surface area contributed by atoms with E-state index in [0.717, 1.165) is 70.1 Å². The molecule has 0 aromatic carbocycles. The second-order valence-electron chi connectivity index (χ2n) is 15.3. The van der Waals surface area contributed by atoms with Crippen LogP contribution in [0.5, 0.6) is 0 Å². The van der Waals surface area contributed by atoms with Crippen LogP contribution < -0.4 is 21.3 Å². The Morgan fingerprint density at radius 3 is 1.84 bits per heavy atom. The highest BCUT2D eigenvalue weighted by Crippen LogP contribution is 2.26. The van der Waals surface area contributed by atoms with Crippen LogP contribution in [-0.4, -0.2) is 72.2 Å². The monoisotopic (exact) mass is 632 g/mol. The summed E-state index contributed by atoms with van der Waals surface area (Å²) in [5.74, 6) is 1.92. The first-order valence-corrected chi connectivity index (χ1v) is 16.1. The van der Waals surface area contributed by atoms with E-state index in [-0.39, 0.29) is 22.6 Å². The number of carbonyl (C=O) groups excluding carboxylic acids is 2. The van der Waals surface area contributed by atoms with Crippen molar-refractivity contribution in [3.8, 4) is 0 Å². The predicted molar refractivity (Wildman–Crippen MR) is 174 cm³/mol. The number of aromatic nitrogens is 2. The minimum absolute atomic E-state index is 0.109. The van der Waals surface area contributed by atoms with Crippen molar-refractivity contribution >= 4 is 23.5 Å². The van der Waals surface area contributed by atoms with E-state index in [1.165, 1.54) is 0 Å². The van der Waals surface area contributed by atoms with Crippen molar-refractivity contribution in [1.29, 1.82) is 0 Å². The minimum atomic E-state index is -0.684. The Hall–Kier alpha value is -2.80. The molecule has 2 aliphatic rings. The Labute approximate surface area is 268 Å². The van der Waals surface area contributed by atoms with Crippen molar-refractivity contribution < 1.29 is 28.1 Å². The molecule has 254 valence electrons. The van der Waals surface area contributed by atoms with Gasteiger partial charge in [0.05, 0.1) is 16.8 Å². The molecule has 2 amide bonds. The fraction of sp³-hybridized carbons (Fsp3) is 0.758. The number of ether oxygens (including phenoxy) is 2. The number of anilines is 2. The highest BCUT2D eigenvalue weighted by Gasteiger charge is 2.32. The maximum absolute atomic E-state index is 12.5. The molecular weight excluding hydrogens is 576 g/mol. The molecule has 2 fully saturated rings. The molecule has 0 atom stereocenters. The van der Waals surface area contributed by atoms with Crippen LogP contribution >= 0.6 is 0 Å². The van der Waals surface area contributed by atoms with E-state index in [4.69, 9.17) is 18.5 Å². The lowest BCUT2D eigenvalue weighted by Crippen LogP contribution is -2.55. The van der Waals surface area contributed by atoms with Gasteiger partial charge in [-0.2, -0.15) is 0 Å². The van der Waals surface area contributed by atoms with Gasteiger partial charge in [0.15, 0.2) is 5.82 Å². The third-order valence-corrected chi connectivity index (χ3v) is 8.10. The summed E-state index contributed by atoms with van der Waals surface area (Å²) in [6.07, 6.45) is 3.94. The van der Waals surface area contributed by atoms with E-state index in [2.05, 4.69) is 31.6 Å². The first-order chi connectivity index (χ1) is 20.9. The van der Waals surface area contributed by atoms with Crippen molar-refractivity contribution in [2.24, 2.45) is 5.92 Å². The second kappa shape index (κ2) is 15.2. The maximum Gasteiger partial charge on any atom is 0.246 e. The highest BCUT2D eigenvalue weighted by atomic mass is 16.5. The molecule has 0 bridgehead atoms. The van der Waals surface area contributed by atoms with Crippen molar-refractivity contribution in [2.45, 2.75) is 123 Å². The van der Waals surface area contributed by atoms with Crippen LogP contribution in [0.3, 0.4) is 0 Å². The second-order valence-corrected chi connectivity index (χ2v) is 15.3. The van der Waals surface area contributed by atoms with Gasteiger partial charge >= 0.3 is 0 Å². The van der Waals surface area contributed by atoms with Crippen LogP contribution in [0.15, 0.2) is 21.2 Å². The third-order valence-electron chi connectivity index (χ3n) is 8.10. The Morgan fingerprint density at radius 1 is 0.733 bits per heavy atom. The van der Waals surface area contributed by atoms with Gasteiger partial charge in [0.25, 0.3) is 0 Å². The summed E-state index contributed by atoms with van der Waals surface area (Å²) in [7, 11) is 0. The first kappa shape index (κ1) is 36.7. The smallest absolute Gasteiger partial charge is 0.246 e. The van der Waals surface area contributed by atoms with Gasteiger partial charge in [-0.3, -0.25) is 14.9 Å². The van der Waals surface area contributed by atoms with Crippen LogP contribution in [-0.2, 0) is 29.9 Å². The molecule has 2 saturated heterocycles. The van der Waals surface area contributed by atoms with Gasteiger partial charge in [-0.25, -0.2) is 0 Å². The molecule has 4 heterocycles. The molecule has 12 nitrogen and oxygen atoms in total. The van der Waals surface area contributed by atoms with Crippen LogP contribution in [0.2, 0.25) is 0 Å². The van der Waals surface area contributed by atoms with E-state index in [1.54, 1.807) is 12.1 Å². The number of hydrogen-bond donors (Lipinski definition) is 4. The number of amides is 2. The van der Waals surface area contributed by atoms with Crippen LogP contribution in [0, 0.1) is 5.92 Å². The number of carbonyl (C=O) groups is 2. The van der Waals surface area contributed by atoms with E-state index in [1.807, 2.05) is 69.2 Å². The van der Waals surface area contributed by atoms with Gasteiger partial charge in [0.2, 0.25) is 17.7 Å². The Kier molecular flexibility index (Phi) is 12.4. The average molecular weight is 633 g/mol. The van der Waals surface area contributed by atoms with Gasteiger partial charge in [-0.05, 0) is 65.8 Å². The maximum atomic E-state index is 12.5. The first-order valence-electron chi connectivity index (χ1n) is 16.1. The average Bonchev–Trinajstić information content (AvgIpc) is 3.63. The molecule has 45 heavy (non-hydrogen) atoms. The normalized spacial score (nSPS) is 17.4. The van der Waals surface area contributed by atoms with E-state index in [9.17, 15) is 9.59 Å². The predicted octanol–water partition coefficient (Wildman–Crippen LogP) is 5.16. The van der Waals surface area contributed by atoms with Crippen molar-refractivity contribution in [1.82, 2.24) is 20.9 Å². The number of hydrogen-bond acceptors (Lipinski definition) is 10. The zero-order valence-corrected chi connectivity index (χ0v) is 29.0. The lowest BCUT2D eigenvalue weighted by molar-refractivity contribution is -0.122. The summed E-state index contributed by atoms with van der Waals surface area (Å²) in [6.45, 7) is 23.7. The summed E-state index contributed by atoms with van der Waals surface area (Å²) in [6, 6.07) is 3.86. The fourth-order valence-electron chi connectivity index (χ4n) is 4.76. The topological polar surface area (TPSA) is 153 Å². The zero-order chi connectivity index (χ0) is 33.5. The Morgan fingerprint density at radius 2 is 1.31 bits per heavy atom. The van der Waals surface area contributed by atoms with Crippen LogP contribution in [0.4, 0.5) is 11.7 Å². The summed E-state index contributed by atoms with van der Waals surface area (Å²) in [5, 5.41) is 20.3. The van der Waals surface area contributed by atoms with E-state index >= 15 is 0 Å². The quantitative estimate of drug-likeness (QED) is 0.292. The van der Waals surface area contributed by atoms with Crippen LogP contribution in [0.1, 0.15) is 106 Å². The van der Waals surface area contributed by atoms with Gasteiger partial charge in [0.1, 0.15) is 5.76 Å². The molecule has 0 spiro atoms. The van der Waals surface area contributed by atoms with Gasteiger partial charge in [-0.15, -0.1) is 0 Å². The molecule has 4 rings (SSSR count). The number of rotatable bonds is 9. The molecule has 4 N–H and O–H groups in total. The molecule has 2 aromatic heterocycles. The molecule has 0 aliphatic carbocycles. The van der Waals surface area contributed by atoms with E-state index in [0.29, 0.717) is 23.7 Å². The standard InChI is InChI=1S/C17H29N3O3.C16H27N3O3/c1-16(2,3)13-10-14(20-23-13)19-15(21)17(4,5)18-11-12-6-8-22-9-7-12;1-15(2,3)12-10-13(22-19-12)17-14(20)16(4,5)18-11-6-8-21-9-7-11/h10,12,18H,6-9,11H2,1-5H3,(H,19,20,21);10-11,18H,6-9H2,1-5H3,(H,17,20). The van der Waals surface area contributed by atoms with Gasteiger partial charge in [0, 0.05) is 55.4 Å². The molecule has 2 aliphatic heterocycles. The van der Waals surface area contributed by atoms with Crippen LogP contribution in [0.25, 0.3) is 0 Å². The largest absolute Gasteiger partial charge is 0.381 e. The van der Waals surface area contributed by atoms with Crippen molar-refractivity contribution in [3.63, 3.8) is 0 Å². The fourth-order valence-corrected chi connectivity index (χ4v) is 4.76. The minimum Gasteiger partial charge on any atom is -0.381 e. The molecule has 0 saturated carbocycles. The Balaban J connectivity index is 0.000000246. The number of nitrogens with one attached hydrogen (secondary N) is 4. The molecule has 12 heteroatoms. The number of nitrogens with zero attached hydrogens (tertiary/aromatic N) is 2. The van der Waals surface area contributed by atoms with Crippen molar-refractivity contribution in [2.75, 3.05) is 43.6 Å². The molecule has 2 aromatic rings. The molecule has 0 radical (unpaired) electrons. The lowest BCUT2D eigenvalue weighted by atomic mass is 9.92. The van der Waals surface area contributed by atoms with Gasteiger partial charge < -0.3 is 34.5 Å². The highest BCUT2D eigenvalue weighted by molar-refractivity contribution is 5.97.